The lowest BCUT2D eigenvalue weighted by Crippen LogP contribution is -2.40. The summed E-state index contributed by atoms with van der Waals surface area (Å²) in [7, 11) is 2.68. The Kier molecular flexibility index (Phi) is 6.59. The van der Waals surface area contributed by atoms with E-state index < -0.39 is 23.5 Å². The van der Waals surface area contributed by atoms with Crippen molar-refractivity contribution in [3.05, 3.63) is 39.4 Å². The van der Waals surface area contributed by atoms with Crippen LogP contribution in [-0.4, -0.2) is 53.1 Å². The predicted octanol–water partition coefficient (Wildman–Crippen LogP) is 3.79. The molecule has 0 saturated heterocycles. The van der Waals surface area contributed by atoms with Gasteiger partial charge in [-0.2, -0.15) is 5.10 Å². The normalized spacial score (nSPS) is 13.6. The molecule has 0 N–H and O–H groups in total. The van der Waals surface area contributed by atoms with Crippen molar-refractivity contribution in [3.63, 3.8) is 0 Å². The van der Waals surface area contributed by atoms with Crippen LogP contribution in [0.4, 0.5) is 9.18 Å². The summed E-state index contributed by atoms with van der Waals surface area (Å²) in [6.45, 7) is 6.02. The molecule has 0 radical (unpaired) electrons. The van der Waals surface area contributed by atoms with E-state index >= 15 is 0 Å². The van der Waals surface area contributed by atoms with Crippen molar-refractivity contribution in [2.45, 2.75) is 45.8 Å². The van der Waals surface area contributed by atoms with Crippen molar-refractivity contribution in [3.8, 4) is 11.4 Å². The Morgan fingerprint density at radius 2 is 1.97 bits per heavy atom. The van der Waals surface area contributed by atoms with Gasteiger partial charge in [-0.3, -0.25) is 4.79 Å². The second-order valence-electron chi connectivity index (χ2n) is 8.10. The molecule has 0 aliphatic carbocycles. The van der Waals surface area contributed by atoms with Crippen molar-refractivity contribution < 1.29 is 28.2 Å². The Bertz CT molecular complexity index is 1020. The third-order valence-electron chi connectivity index (χ3n) is 4.79. The maximum absolute atomic E-state index is 14.6. The van der Waals surface area contributed by atoms with E-state index in [2.05, 4.69) is 21.0 Å². The van der Waals surface area contributed by atoms with Gasteiger partial charge in [0.15, 0.2) is 11.6 Å². The zero-order valence-corrected chi connectivity index (χ0v) is 19.7. The van der Waals surface area contributed by atoms with Crippen LogP contribution in [0.25, 0.3) is 5.69 Å². The lowest BCUT2D eigenvalue weighted by molar-refractivity contribution is -0.139. The van der Waals surface area contributed by atoms with Crippen LogP contribution in [0.15, 0.2) is 16.6 Å². The van der Waals surface area contributed by atoms with Crippen LogP contribution in [0.3, 0.4) is 0 Å². The molecule has 0 spiro atoms. The average molecular weight is 498 g/mol. The first kappa shape index (κ1) is 23.1. The monoisotopic (exact) mass is 497 g/mol. The van der Waals surface area contributed by atoms with Crippen LogP contribution in [0, 0.1) is 5.82 Å². The maximum atomic E-state index is 14.6. The molecule has 1 aromatic heterocycles. The Labute approximate surface area is 188 Å². The fourth-order valence-electron chi connectivity index (χ4n) is 3.40. The number of hydrogen-bond donors (Lipinski definition) is 0. The fraction of sp³-hybridized carbons (Fsp3) is 0.476. The number of hydrogen-bond acceptors (Lipinski definition) is 6. The van der Waals surface area contributed by atoms with Gasteiger partial charge in [0.2, 0.25) is 0 Å². The molecule has 3 rings (SSSR count). The van der Waals surface area contributed by atoms with Gasteiger partial charge in [0.1, 0.15) is 11.3 Å². The molecule has 1 amide bonds. The number of nitrogens with zero attached hydrogens (tertiary/aromatic N) is 3. The second-order valence-corrected chi connectivity index (χ2v) is 8.96. The zero-order valence-electron chi connectivity index (χ0n) is 18.1. The van der Waals surface area contributed by atoms with E-state index in [1.165, 1.54) is 14.2 Å². The van der Waals surface area contributed by atoms with Crippen LogP contribution >= 0.6 is 15.9 Å². The SMILES string of the molecule is COC(=O)Cc1nn(-c2ccc(Br)c(F)c2OC)c2c1CN(C(=O)OC(C)(C)C)CC2. The number of ether oxygens (including phenoxy) is 3. The minimum absolute atomic E-state index is 0.0267. The first-order chi connectivity index (χ1) is 14.6. The number of halogens is 2. The average Bonchev–Trinajstić information content (AvgIpc) is 3.06. The highest BCUT2D eigenvalue weighted by Gasteiger charge is 2.32. The van der Waals surface area contributed by atoms with Crippen LogP contribution in [0.1, 0.15) is 37.7 Å². The van der Waals surface area contributed by atoms with Gasteiger partial charge in [-0.1, -0.05) is 0 Å². The molecule has 1 aromatic carbocycles. The molecular weight excluding hydrogens is 473 g/mol. The zero-order chi connectivity index (χ0) is 22.9. The van der Waals surface area contributed by atoms with Gasteiger partial charge in [0.05, 0.1) is 43.0 Å². The summed E-state index contributed by atoms with van der Waals surface area (Å²) in [5.41, 5.74) is 1.73. The Balaban J connectivity index is 2.06. The van der Waals surface area contributed by atoms with E-state index in [9.17, 15) is 14.0 Å². The summed E-state index contributed by atoms with van der Waals surface area (Å²) in [6.07, 6.45) is -0.0685. The molecule has 1 aliphatic rings. The third-order valence-corrected chi connectivity index (χ3v) is 5.41. The molecule has 0 saturated carbocycles. The third kappa shape index (κ3) is 4.84. The minimum Gasteiger partial charge on any atom is -0.491 e. The molecule has 0 atom stereocenters. The number of esters is 1. The maximum Gasteiger partial charge on any atom is 0.410 e. The molecule has 1 aliphatic heterocycles. The number of carbonyl (C=O) groups excluding carboxylic acids is 2. The molecule has 0 fully saturated rings. The van der Waals surface area contributed by atoms with E-state index in [1.807, 2.05) is 0 Å². The lowest BCUT2D eigenvalue weighted by atomic mass is 10.0. The van der Waals surface area contributed by atoms with Gasteiger partial charge >= 0.3 is 12.1 Å². The number of amides is 1. The van der Waals surface area contributed by atoms with E-state index in [1.54, 1.807) is 42.5 Å². The summed E-state index contributed by atoms with van der Waals surface area (Å²) in [5, 5.41) is 4.57. The molecule has 0 bridgehead atoms. The second kappa shape index (κ2) is 8.86. The predicted molar refractivity (Wildman–Crippen MR) is 114 cm³/mol. The standard InChI is InChI=1S/C21H25BrFN3O5/c1-21(2,3)31-20(28)25-9-8-15-12(11-25)14(10-17(27)29-4)24-26(15)16-7-6-13(22)18(23)19(16)30-5/h6-7H,8-11H2,1-5H3. The molecule has 0 unspecified atom stereocenters. The van der Waals surface area contributed by atoms with Crippen LogP contribution in [-0.2, 0) is 33.7 Å². The molecular formula is C21H25BrFN3O5. The van der Waals surface area contributed by atoms with Gasteiger partial charge in [0.25, 0.3) is 0 Å². The smallest absolute Gasteiger partial charge is 0.410 e. The van der Waals surface area contributed by atoms with Crippen molar-refractivity contribution in [2.75, 3.05) is 20.8 Å². The van der Waals surface area contributed by atoms with Crippen LogP contribution < -0.4 is 4.74 Å². The van der Waals surface area contributed by atoms with Gasteiger partial charge in [0, 0.05) is 18.5 Å². The van der Waals surface area contributed by atoms with E-state index in [-0.39, 0.29) is 23.2 Å². The Morgan fingerprint density at radius 1 is 1.26 bits per heavy atom. The number of methoxy groups -OCH3 is 2. The highest BCUT2D eigenvalue weighted by Crippen LogP contribution is 2.34. The molecule has 10 heteroatoms. The first-order valence-electron chi connectivity index (χ1n) is 9.72. The molecule has 2 aromatic rings. The summed E-state index contributed by atoms with van der Waals surface area (Å²) < 4.78 is 32.0. The van der Waals surface area contributed by atoms with Crippen molar-refractivity contribution in [1.29, 1.82) is 0 Å². The lowest BCUT2D eigenvalue weighted by Gasteiger charge is -2.30. The molecule has 8 nitrogen and oxygen atoms in total. The van der Waals surface area contributed by atoms with Gasteiger partial charge in [-0.25, -0.2) is 13.9 Å². The van der Waals surface area contributed by atoms with Gasteiger partial charge in [-0.05, 0) is 48.8 Å². The van der Waals surface area contributed by atoms with Gasteiger partial charge < -0.3 is 19.1 Å². The number of fused-ring (bicyclic) bond motifs is 1. The summed E-state index contributed by atoms with van der Waals surface area (Å²) in [5.74, 6) is -0.986. The summed E-state index contributed by atoms with van der Waals surface area (Å²) in [4.78, 5) is 26.1. The highest BCUT2D eigenvalue weighted by molar-refractivity contribution is 9.10. The fourth-order valence-corrected chi connectivity index (χ4v) is 3.71. The van der Waals surface area contributed by atoms with Crippen molar-refractivity contribution in [1.82, 2.24) is 14.7 Å². The van der Waals surface area contributed by atoms with Crippen LogP contribution in [0.5, 0.6) is 5.75 Å². The quantitative estimate of drug-likeness (QED) is 0.597. The van der Waals surface area contributed by atoms with E-state index in [0.717, 1.165) is 5.69 Å². The van der Waals surface area contributed by atoms with E-state index in [4.69, 9.17) is 14.2 Å². The summed E-state index contributed by atoms with van der Waals surface area (Å²) >= 11 is 3.16. The van der Waals surface area contributed by atoms with Gasteiger partial charge in [-0.15, -0.1) is 0 Å². The first-order valence-corrected chi connectivity index (χ1v) is 10.5. The number of carbonyl (C=O) groups is 2. The topological polar surface area (TPSA) is 82.9 Å². The molecule has 2 heterocycles. The number of rotatable bonds is 4. The van der Waals surface area contributed by atoms with E-state index in [0.29, 0.717) is 29.9 Å². The highest BCUT2D eigenvalue weighted by atomic mass is 79.9. The minimum atomic E-state index is -0.626. The number of benzene rings is 1. The Hall–Kier alpha value is -2.62. The van der Waals surface area contributed by atoms with Crippen molar-refractivity contribution >= 4 is 28.0 Å². The Morgan fingerprint density at radius 3 is 2.58 bits per heavy atom. The largest absolute Gasteiger partial charge is 0.491 e. The summed E-state index contributed by atoms with van der Waals surface area (Å²) in [6, 6.07) is 3.25. The van der Waals surface area contributed by atoms with Crippen molar-refractivity contribution in [2.24, 2.45) is 0 Å². The molecule has 31 heavy (non-hydrogen) atoms. The molecule has 168 valence electrons. The van der Waals surface area contributed by atoms with Crippen LogP contribution in [0.2, 0.25) is 0 Å². The number of aromatic nitrogens is 2.